The third-order valence-electron chi connectivity index (χ3n) is 3.11. The molecule has 1 atom stereocenters. The summed E-state index contributed by atoms with van der Waals surface area (Å²) in [6, 6.07) is 5.31. The smallest absolute Gasteiger partial charge is 0.409 e. The molecule has 6 nitrogen and oxygen atoms in total. The number of halogens is 1. The van der Waals surface area contributed by atoms with Gasteiger partial charge in [0.05, 0.1) is 12.3 Å². The molecule has 0 spiro atoms. The van der Waals surface area contributed by atoms with Crippen molar-refractivity contribution in [2.75, 3.05) is 20.1 Å². The molecule has 8 heteroatoms. The quantitative estimate of drug-likeness (QED) is 0.852. The fourth-order valence-electron chi connectivity index (χ4n) is 2.03. The van der Waals surface area contributed by atoms with Crippen LogP contribution in [-0.4, -0.2) is 45.7 Å². The summed E-state index contributed by atoms with van der Waals surface area (Å²) in [6.45, 7) is 0.647. The van der Waals surface area contributed by atoms with E-state index >= 15 is 0 Å². The zero-order chi connectivity index (χ0) is 15.5. The lowest BCUT2D eigenvalue weighted by molar-refractivity contribution is 0.131. The fraction of sp³-hybridized carbons (Fsp3) is 0.462. The van der Waals surface area contributed by atoms with Crippen molar-refractivity contribution in [3.8, 4) is 0 Å². The molecule has 1 fully saturated rings. The van der Waals surface area contributed by atoms with Gasteiger partial charge in [0.2, 0.25) is 10.0 Å². The van der Waals surface area contributed by atoms with E-state index in [4.69, 9.17) is 4.74 Å². The summed E-state index contributed by atoms with van der Waals surface area (Å²) in [6.07, 6.45) is -0.274. The van der Waals surface area contributed by atoms with Gasteiger partial charge in [0.1, 0.15) is 11.9 Å². The lowest BCUT2D eigenvalue weighted by Crippen LogP contribution is -2.29. The number of likely N-dealkylation sites (N-methyl/N-ethyl adjacent to an activating group) is 1. The van der Waals surface area contributed by atoms with Crippen molar-refractivity contribution < 1.29 is 22.3 Å². The minimum atomic E-state index is -3.49. The van der Waals surface area contributed by atoms with E-state index in [1.807, 2.05) is 0 Å². The van der Waals surface area contributed by atoms with Gasteiger partial charge in [-0.2, -0.15) is 0 Å². The topological polar surface area (TPSA) is 75.7 Å². The number of ether oxygens (including phenoxy) is 1. The largest absolute Gasteiger partial charge is 0.444 e. The molecule has 0 aromatic heterocycles. The molecule has 1 aromatic rings. The van der Waals surface area contributed by atoms with Gasteiger partial charge in [-0.3, -0.25) is 0 Å². The van der Waals surface area contributed by atoms with Crippen LogP contribution in [0.2, 0.25) is 0 Å². The maximum atomic E-state index is 12.7. The molecule has 1 saturated heterocycles. The zero-order valence-electron chi connectivity index (χ0n) is 11.6. The van der Waals surface area contributed by atoms with Crippen molar-refractivity contribution in [3.63, 3.8) is 0 Å². The number of amides is 1. The molecule has 1 aliphatic rings. The average molecular weight is 316 g/mol. The minimum absolute atomic E-state index is 0.190. The van der Waals surface area contributed by atoms with Crippen LogP contribution in [0, 0.1) is 5.82 Å². The Morgan fingerprint density at radius 3 is 2.62 bits per heavy atom. The minimum Gasteiger partial charge on any atom is -0.444 e. The van der Waals surface area contributed by atoms with E-state index < -0.39 is 21.9 Å². The number of cyclic esters (lactones) is 1. The molecule has 1 aliphatic heterocycles. The third kappa shape index (κ3) is 4.68. The fourth-order valence-corrected chi connectivity index (χ4v) is 3.19. The Hall–Kier alpha value is -1.67. The van der Waals surface area contributed by atoms with Gasteiger partial charge in [-0.05, 0) is 24.1 Å². The maximum absolute atomic E-state index is 12.7. The number of nitrogens with one attached hydrogen (secondary N) is 1. The normalized spacial score (nSPS) is 18.9. The summed E-state index contributed by atoms with van der Waals surface area (Å²) < 4.78 is 44.0. The van der Waals surface area contributed by atoms with Crippen LogP contribution in [0.5, 0.6) is 0 Å². The van der Waals surface area contributed by atoms with E-state index in [0.717, 1.165) is 0 Å². The van der Waals surface area contributed by atoms with Crippen molar-refractivity contribution in [2.24, 2.45) is 0 Å². The van der Waals surface area contributed by atoms with Gasteiger partial charge in [-0.25, -0.2) is 22.3 Å². The highest BCUT2D eigenvalue weighted by Gasteiger charge is 2.28. The first-order valence-corrected chi connectivity index (χ1v) is 8.14. The number of hydrogen-bond donors (Lipinski definition) is 1. The summed E-state index contributed by atoms with van der Waals surface area (Å²) in [5, 5.41) is 0. The van der Waals surface area contributed by atoms with Gasteiger partial charge < -0.3 is 9.64 Å². The Bertz CT molecular complexity index is 603. The number of nitrogens with zero attached hydrogens (tertiary/aromatic N) is 1. The van der Waals surface area contributed by atoms with Crippen molar-refractivity contribution in [2.45, 2.75) is 18.3 Å². The van der Waals surface area contributed by atoms with Crippen LogP contribution in [0.4, 0.5) is 9.18 Å². The number of carbonyl (C=O) groups is 1. The molecule has 1 N–H and O–H groups in total. The first kappa shape index (κ1) is 15.7. The molecule has 1 aromatic carbocycles. The van der Waals surface area contributed by atoms with Gasteiger partial charge in [0.15, 0.2) is 0 Å². The van der Waals surface area contributed by atoms with Crippen molar-refractivity contribution >= 4 is 16.1 Å². The number of benzene rings is 1. The first-order valence-electron chi connectivity index (χ1n) is 6.49. The van der Waals surface area contributed by atoms with Gasteiger partial charge in [-0.1, -0.05) is 12.1 Å². The Morgan fingerprint density at radius 1 is 1.38 bits per heavy atom. The van der Waals surface area contributed by atoms with E-state index in [1.54, 1.807) is 7.05 Å². The zero-order valence-corrected chi connectivity index (χ0v) is 12.4. The summed E-state index contributed by atoms with van der Waals surface area (Å²) in [5.41, 5.74) is 0.510. The molecule has 116 valence electrons. The van der Waals surface area contributed by atoms with E-state index in [1.165, 1.54) is 29.2 Å². The van der Waals surface area contributed by atoms with Gasteiger partial charge >= 0.3 is 6.09 Å². The molecular formula is C13H17FN2O4S. The lowest BCUT2D eigenvalue weighted by Gasteiger charge is -2.10. The maximum Gasteiger partial charge on any atom is 0.409 e. The van der Waals surface area contributed by atoms with E-state index in [0.29, 0.717) is 18.5 Å². The Labute approximate surface area is 122 Å². The Kier molecular flexibility index (Phi) is 4.79. The third-order valence-corrected chi connectivity index (χ3v) is 4.47. The summed E-state index contributed by atoms with van der Waals surface area (Å²) in [5.74, 6) is -0.617. The molecule has 0 saturated carbocycles. The van der Waals surface area contributed by atoms with Crippen LogP contribution in [0.25, 0.3) is 0 Å². The highest BCUT2D eigenvalue weighted by Crippen LogP contribution is 2.12. The van der Waals surface area contributed by atoms with Gasteiger partial charge in [0.25, 0.3) is 0 Å². The predicted molar refractivity (Wildman–Crippen MR) is 74.5 cm³/mol. The van der Waals surface area contributed by atoms with Crippen molar-refractivity contribution in [1.82, 2.24) is 9.62 Å². The average Bonchev–Trinajstić information content (AvgIpc) is 2.71. The monoisotopic (exact) mass is 316 g/mol. The lowest BCUT2D eigenvalue weighted by atomic mass is 10.2. The molecule has 2 rings (SSSR count). The molecule has 0 radical (unpaired) electrons. The Balaban J connectivity index is 1.79. The molecular weight excluding hydrogens is 299 g/mol. The molecule has 1 amide bonds. The predicted octanol–water partition coefficient (Wildman–Crippen LogP) is 1.09. The number of rotatable bonds is 6. The van der Waals surface area contributed by atoms with E-state index in [-0.39, 0.29) is 18.4 Å². The SMILES string of the molecule is CN1CC(CCNS(=O)(=O)Cc2ccc(F)cc2)OC1=O. The second kappa shape index (κ2) is 6.40. The molecule has 1 unspecified atom stereocenters. The van der Waals surface area contributed by atoms with Crippen LogP contribution in [0.15, 0.2) is 24.3 Å². The molecule has 0 bridgehead atoms. The second-order valence-electron chi connectivity index (χ2n) is 4.95. The first-order chi connectivity index (χ1) is 9.85. The summed E-state index contributed by atoms with van der Waals surface area (Å²) in [7, 11) is -1.87. The van der Waals surface area contributed by atoms with E-state index in [9.17, 15) is 17.6 Å². The van der Waals surface area contributed by atoms with Crippen LogP contribution in [0.3, 0.4) is 0 Å². The molecule has 0 aliphatic carbocycles. The highest BCUT2D eigenvalue weighted by molar-refractivity contribution is 7.88. The van der Waals surface area contributed by atoms with Gasteiger partial charge in [0, 0.05) is 13.6 Å². The highest BCUT2D eigenvalue weighted by atomic mass is 32.2. The van der Waals surface area contributed by atoms with Crippen LogP contribution >= 0.6 is 0 Å². The van der Waals surface area contributed by atoms with Crippen LogP contribution in [0.1, 0.15) is 12.0 Å². The van der Waals surface area contributed by atoms with Gasteiger partial charge in [-0.15, -0.1) is 0 Å². The molecule has 1 heterocycles. The molecule has 21 heavy (non-hydrogen) atoms. The van der Waals surface area contributed by atoms with Crippen molar-refractivity contribution in [1.29, 1.82) is 0 Å². The number of carbonyl (C=O) groups excluding carboxylic acids is 1. The van der Waals surface area contributed by atoms with Crippen LogP contribution in [-0.2, 0) is 20.5 Å². The number of sulfonamides is 1. The van der Waals surface area contributed by atoms with E-state index in [2.05, 4.69) is 4.72 Å². The number of hydrogen-bond acceptors (Lipinski definition) is 4. The summed E-state index contributed by atoms with van der Waals surface area (Å²) >= 11 is 0. The standard InChI is InChI=1S/C13H17FN2O4S/c1-16-8-12(20-13(16)17)6-7-15-21(18,19)9-10-2-4-11(14)5-3-10/h2-5,12,15H,6-9H2,1H3. The van der Waals surface area contributed by atoms with Crippen LogP contribution < -0.4 is 4.72 Å². The summed E-state index contributed by atoms with van der Waals surface area (Å²) in [4.78, 5) is 12.6. The van der Waals surface area contributed by atoms with Crippen molar-refractivity contribution in [3.05, 3.63) is 35.6 Å². The Morgan fingerprint density at radius 2 is 2.05 bits per heavy atom. The second-order valence-corrected chi connectivity index (χ2v) is 6.76.